The SMILES string of the molecule is CCCCCC[N+]1CC1. The summed E-state index contributed by atoms with van der Waals surface area (Å²) in [4.78, 5) is 2.50. The highest BCUT2D eigenvalue weighted by molar-refractivity contribution is 4.78. The Bertz CT molecular complexity index is 67.0. The van der Waals surface area contributed by atoms with Crippen molar-refractivity contribution in [1.29, 1.82) is 0 Å². The smallest absolute Gasteiger partial charge is 0.159 e. The summed E-state index contributed by atoms with van der Waals surface area (Å²) < 4.78 is 0. The van der Waals surface area contributed by atoms with Gasteiger partial charge in [0.05, 0.1) is 0 Å². The topological polar surface area (TPSA) is 5.90 Å². The molecule has 0 atom stereocenters. The van der Waals surface area contributed by atoms with Gasteiger partial charge >= 0.3 is 0 Å². The summed E-state index contributed by atoms with van der Waals surface area (Å²) in [5.74, 6) is 0. The van der Waals surface area contributed by atoms with Crippen molar-refractivity contribution >= 4 is 0 Å². The highest BCUT2D eigenvalue weighted by atomic mass is 15.2. The molecule has 0 spiro atoms. The molecule has 1 fully saturated rings. The number of nitrogens with zero attached hydrogens (tertiary/aromatic N) is 1. The Kier molecular flexibility index (Phi) is 3.05. The second-order valence-electron chi connectivity index (χ2n) is 2.90. The quantitative estimate of drug-likeness (QED) is 0.301. The average Bonchev–Trinajstić information content (AvgIpc) is 2.63. The summed E-state index contributed by atoms with van der Waals surface area (Å²) >= 11 is 0. The standard InChI is InChI=1S/C8H17N/c1-2-3-4-5-6-9-7-8-9/h2-8H2,1H3/q+1. The first-order valence-corrected chi connectivity index (χ1v) is 4.16. The van der Waals surface area contributed by atoms with E-state index in [1.54, 1.807) is 0 Å². The van der Waals surface area contributed by atoms with Crippen LogP contribution in [0.3, 0.4) is 0 Å². The molecule has 1 saturated heterocycles. The van der Waals surface area contributed by atoms with Crippen LogP contribution in [0.5, 0.6) is 0 Å². The van der Waals surface area contributed by atoms with Gasteiger partial charge in [0.1, 0.15) is 6.54 Å². The fourth-order valence-corrected chi connectivity index (χ4v) is 1.06. The highest BCUT2D eigenvalue weighted by Gasteiger charge is 2.28. The molecule has 9 heavy (non-hydrogen) atoms. The zero-order valence-electron chi connectivity index (χ0n) is 6.40. The molecular weight excluding hydrogens is 110 g/mol. The zero-order valence-corrected chi connectivity index (χ0v) is 6.40. The van der Waals surface area contributed by atoms with Crippen LogP contribution in [0.15, 0.2) is 0 Å². The minimum Gasteiger partial charge on any atom is -0.159 e. The third-order valence-electron chi connectivity index (χ3n) is 1.87. The normalized spacial score (nSPS) is 18.3. The molecule has 0 aromatic carbocycles. The number of hydrogen-bond donors (Lipinski definition) is 0. The van der Waals surface area contributed by atoms with E-state index in [1.165, 1.54) is 45.3 Å². The molecule has 0 aromatic heterocycles. The molecule has 1 heteroatoms. The number of unbranched alkanes of at least 4 members (excludes halogenated alkanes) is 3. The maximum absolute atomic E-state index is 2.50. The van der Waals surface area contributed by atoms with Gasteiger partial charge in [0.15, 0.2) is 13.1 Å². The van der Waals surface area contributed by atoms with E-state index in [1.807, 2.05) is 0 Å². The Labute approximate surface area is 58.0 Å². The molecule has 53 valence electrons. The van der Waals surface area contributed by atoms with Crippen LogP contribution in [0.25, 0.3) is 0 Å². The van der Waals surface area contributed by atoms with E-state index in [2.05, 4.69) is 11.8 Å². The molecular formula is C8H17N+. The number of hydrogen-bond acceptors (Lipinski definition) is 1. The predicted octanol–water partition coefficient (Wildman–Crippen LogP) is 1.72. The summed E-state index contributed by atoms with van der Waals surface area (Å²) in [6, 6.07) is 0. The van der Waals surface area contributed by atoms with Crippen LogP contribution in [0.4, 0.5) is 0 Å². The van der Waals surface area contributed by atoms with Crippen LogP contribution in [0, 0.1) is 0 Å². The minimum atomic E-state index is 1.36. The maximum Gasteiger partial charge on any atom is 0.176 e. The van der Waals surface area contributed by atoms with E-state index in [9.17, 15) is 0 Å². The lowest BCUT2D eigenvalue weighted by Gasteiger charge is -1.92. The van der Waals surface area contributed by atoms with Gasteiger partial charge in [-0.05, 0) is 6.42 Å². The largest absolute Gasteiger partial charge is 0.176 e. The van der Waals surface area contributed by atoms with Crippen LogP contribution in [-0.4, -0.2) is 19.6 Å². The fraction of sp³-hybridized carbons (Fsp3) is 1.00. The molecule has 1 radical (unpaired) electrons. The van der Waals surface area contributed by atoms with Crippen molar-refractivity contribution in [3.63, 3.8) is 0 Å². The molecule has 0 amide bonds. The first kappa shape index (κ1) is 7.07. The fourth-order valence-electron chi connectivity index (χ4n) is 1.06. The van der Waals surface area contributed by atoms with E-state index in [4.69, 9.17) is 0 Å². The van der Waals surface area contributed by atoms with Crippen LogP contribution in [0.1, 0.15) is 32.6 Å². The van der Waals surface area contributed by atoms with Gasteiger partial charge in [-0.15, -0.1) is 0 Å². The van der Waals surface area contributed by atoms with Gasteiger partial charge in [0, 0.05) is 6.42 Å². The first-order valence-electron chi connectivity index (χ1n) is 4.16. The molecule has 1 aliphatic heterocycles. The summed E-state index contributed by atoms with van der Waals surface area (Å²) in [6.45, 7) is 6.36. The Morgan fingerprint density at radius 1 is 1.11 bits per heavy atom. The molecule has 0 aliphatic carbocycles. The van der Waals surface area contributed by atoms with Crippen molar-refractivity contribution in [1.82, 2.24) is 4.90 Å². The maximum atomic E-state index is 2.50. The Morgan fingerprint density at radius 2 is 1.89 bits per heavy atom. The molecule has 0 saturated carbocycles. The average molecular weight is 127 g/mol. The monoisotopic (exact) mass is 127 g/mol. The molecule has 0 unspecified atom stereocenters. The number of rotatable bonds is 5. The highest BCUT2D eigenvalue weighted by Crippen LogP contribution is 2.04. The minimum absolute atomic E-state index is 1.36. The molecule has 1 rings (SSSR count). The summed E-state index contributed by atoms with van der Waals surface area (Å²) in [5, 5.41) is 0. The summed E-state index contributed by atoms with van der Waals surface area (Å²) in [6.07, 6.45) is 5.65. The van der Waals surface area contributed by atoms with E-state index in [-0.39, 0.29) is 0 Å². The van der Waals surface area contributed by atoms with Crippen LogP contribution in [-0.2, 0) is 0 Å². The van der Waals surface area contributed by atoms with Crippen molar-refractivity contribution in [2.24, 2.45) is 0 Å². The molecule has 1 heterocycles. The summed E-state index contributed by atoms with van der Waals surface area (Å²) in [5.41, 5.74) is 0. The Morgan fingerprint density at radius 3 is 2.44 bits per heavy atom. The van der Waals surface area contributed by atoms with Gasteiger partial charge in [-0.3, -0.25) is 0 Å². The van der Waals surface area contributed by atoms with E-state index >= 15 is 0 Å². The molecule has 1 aliphatic rings. The second-order valence-corrected chi connectivity index (χ2v) is 2.90. The second kappa shape index (κ2) is 3.89. The third-order valence-corrected chi connectivity index (χ3v) is 1.87. The van der Waals surface area contributed by atoms with Crippen LogP contribution < -0.4 is 4.90 Å². The third kappa shape index (κ3) is 3.52. The van der Waals surface area contributed by atoms with E-state index in [0.29, 0.717) is 0 Å². The van der Waals surface area contributed by atoms with Gasteiger partial charge in [-0.2, -0.15) is 4.90 Å². The van der Waals surface area contributed by atoms with Gasteiger partial charge in [0.2, 0.25) is 0 Å². The molecule has 0 N–H and O–H groups in total. The van der Waals surface area contributed by atoms with Gasteiger partial charge in [-0.25, -0.2) is 0 Å². The molecule has 0 bridgehead atoms. The van der Waals surface area contributed by atoms with E-state index in [0.717, 1.165) is 0 Å². The van der Waals surface area contributed by atoms with Crippen molar-refractivity contribution in [3.8, 4) is 0 Å². The van der Waals surface area contributed by atoms with Gasteiger partial charge in [0.25, 0.3) is 0 Å². The van der Waals surface area contributed by atoms with E-state index < -0.39 is 0 Å². The van der Waals surface area contributed by atoms with Gasteiger partial charge in [-0.1, -0.05) is 19.8 Å². The van der Waals surface area contributed by atoms with Crippen molar-refractivity contribution in [2.45, 2.75) is 32.6 Å². The van der Waals surface area contributed by atoms with Crippen molar-refractivity contribution in [2.75, 3.05) is 19.6 Å². The van der Waals surface area contributed by atoms with Gasteiger partial charge < -0.3 is 0 Å². The van der Waals surface area contributed by atoms with Crippen molar-refractivity contribution in [3.05, 3.63) is 0 Å². The zero-order chi connectivity index (χ0) is 6.53. The van der Waals surface area contributed by atoms with Crippen LogP contribution in [0.2, 0.25) is 0 Å². The summed E-state index contributed by atoms with van der Waals surface area (Å²) in [7, 11) is 0. The predicted molar refractivity (Wildman–Crippen MR) is 40.9 cm³/mol. The van der Waals surface area contributed by atoms with Crippen LogP contribution >= 0.6 is 0 Å². The molecule has 0 aromatic rings. The Hall–Kier alpha value is -0.0400. The lowest BCUT2D eigenvalue weighted by molar-refractivity contribution is 0.600. The van der Waals surface area contributed by atoms with Crippen molar-refractivity contribution < 1.29 is 0 Å². The lowest BCUT2D eigenvalue weighted by Crippen LogP contribution is -2.03. The molecule has 1 nitrogen and oxygen atoms in total. The Balaban J connectivity index is 1.71. The lowest BCUT2D eigenvalue weighted by atomic mass is 10.2. The first-order chi connectivity index (χ1) is 4.43.